The van der Waals surface area contributed by atoms with Crippen molar-refractivity contribution in [1.29, 1.82) is 0 Å². The van der Waals surface area contributed by atoms with E-state index in [0.29, 0.717) is 23.0 Å². The van der Waals surface area contributed by atoms with Crippen LogP contribution in [0.3, 0.4) is 0 Å². The summed E-state index contributed by atoms with van der Waals surface area (Å²) in [5, 5.41) is 0. The van der Waals surface area contributed by atoms with Crippen molar-refractivity contribution in [2.75, 3.05) is 6.61 Å². The molecule has 0 radical (unpaired) electrons. The molecular formula is C38H52O4. The normalized spacial score (nSPS) is 25.9. The highest BCUT2D eigenvalue weighted by molar-refractivity contribution is 5.90. The second-order valence-electron chi connectivity index (χ2n) is 13.4. The predicted molar refractivity (Wildman–Crippen MR) is 169 cm³/mol. The third-order valence-corrected chi connectivity index (χ3v) is 10.9. The zero-order valence-electron chi connectivity index (χ0n) is 26.0. The maximum atomic E-state index is 13.2. The molecule has 0 spiro atoms. The van der Waals surface area contributed by atoms with Crippen LogP contribution in [0.5, 0.6) is 0 Å². The summed E-state index contributed by atoms with van der Waals surface area (Å²) in [6.07, 6.45) is 17.8. The molecule has 3 saturated carbocycles. The van der Waals surface area contributed by atoms with E-state index in [1.807, 2.05) is 24.3 Å². The minimum absolute atomic E-state index is 0.108. The third kappa shape index (κ3) is 8.05. The van der Waals surface area contributed by atoms with Crippen LogP contribution in [-0.4, -0.2) is 24.6 Å². The van der Waals surface area contributed by atoms with E-state index in [0.717, 1.165) is 37.5 Å². The summed E-state index contributed by atoms with van der Waals surface area (Å²) in [5.74, 6) is 2.51. The summed E-state index contributed by atoms with van der Waals surface area (Å²) in [4.78, 5) is 26.3. The molecule has 3 aliphatic rings. The molecule has 0 aromatic heterocycles. The SMILES string of the molecule is CC[C@H]1CC[C@H](c2ccc(C(=O)OCC(OC(=O)c3ccc([C@H]4CC[C@H](CC)CC4)cc3)C3CCCCC3)cc2)CC1. The molecule has 0 bridgehead atoms. The van der Waals surface area contributed by atoms with Gasteiger partial charge in [-0.15, -0.1) is 0 Å². The number of carbonyl (C=O) groups is 2. The molecule has 0 N–H and O–H groups in total. The van der Waals surface area contributed by atoms with Gasteiger partial charge in [-0.25, -0.2) is 9.59 Å². The van der Waals surface area contributed by atoms with Crippen molar-refractivity contribution >= 4 is 11.9 Å². The molecule has 2 aromatic rings. The summed E-state index contributed by atoms with van der Waals surface area (Å²) < 4.78 is 11.9. The van der Waals surface area contributed by atoms with Crippen LogP contribution in [0.25, 0.3) is 0 Å². The maximum absolute atomic E-state index is 13.2. The van der Waals surface area contributed by atoms with Crippen molar-refractivity contribution in [2.24, 2.45) is 17.8 Å². The van der Waals surface area contributed by atoms with Gasteiger partial charge >= 0.3 is 11.9 Å². The van der Waals surface area contributed by atoms with Crippen LogP contribution in [0, 0.1) is 17.8 Å². The standard InChI is InChI=1S/C38H52O4/c1-3-27-10-14-29(15-11-27)31-18-22-34(23-19-31)37(39)41-26-36(33-8-6-5-7-9-33)42-38(40)35-24-20-32(21-25-35)30-16-12-28(4-2)13-17-30/h18-25,27-30,33,36H,3-17,26H2,1-2H3/t27-,28-,29-,30-,36?. The van der Waals surface area contributed by atoms with E-state index in [1.165, 1.54) is 81.8 Å². The van der Waals surface area contributed by atoms with Gasteiger partial charge in [-0.05, 0) is 129 Å². The molecule has 42 heavy (non-hydrogen) atoms. The average Bonchev–Trinajstić information content (AvgIpc) is 3.07. The predicted octanol–water partition coefficient (Wildman–Crippen LogP) is 10.0. The first kappa shape index (κ1) is 30.8. The third-order valence-electron chi connectivity index (χ3n) is 10.9. The van der Waals surface area contributed by atoms with Crippen LogP contribution in [0.2, 0.25) is 0 Å². The summed E-state index contributed by atoms with van der Waals surface area (Å²) >= 11 is 0. The fourth-order valence-corrected chi connectivity index (χ4v) is 7.81. The lowest BCUT2D eigenvalue weighted by Gasteiger charge is -2.30. The number of esters is 2. The zero-order chi connectivity index (χ0) is 29.3. The maximum Gasteiger partial charge on any atom is 0.338 e. The lowest BCUT2D eigenvalue weighted by atomic mass is 9.78. The lowest BCUT2D eigenvalue weighted by Crippen LogP contribution is -2.33. The van der Waals surface area contributed by atoms with E-state index in [1.54, 1.807) is 0 Å². The van der Waals surface area contributed by atoms with E-state index < -0.39 is 6.10 Å². The number of hydrogen-bond donors (Lipinski definition) is 0. The molecule has 1 atom stereocenters. The van der Waals surface area contributed by atoms with E-state index in [4.69, 9.17) is 9.47 Å². The van der Waals surface area contributed by atoms with Crippen LogP contribution in [-0.2, 0) is 9.47 Å². The van der Waals surface area contributed by atoms with Crippen LogP contribution < -0.4 is 0 Å². The number of benzene rings is 2. The molecular weight excluding hydrogens is 520 g/mol. The Morgan fingerprint density at radius 1 is 0.619 bits per heavy atom. The molecule has 5 rings (SSSR count). The summed E-state index contributed by atoms with van der Waals surface area (Å²) in [5.41, 5.74) is 3.81. The smallest absolute Gasteiger partial charge is 0.338 e. The van der Waals surface area contributed by atoms with Gasteiger partial charge in [0.2, 0.25) is 0 Å². The Balaban J connectivity index is 1.16. The van der Waals surface area contributed by atoms with E-state index >= 15 is 0 Å². The Labute approximate surface area is 254 Å². The first-order chi connectivity index (χ1) is 20.5. The van der Waals surface area contributed by atoms with Gasteiger partial charge in [-0.2, -0.15) is 0 Å². The Morgan fingerprint density at radius 3 is 1.52 bits per heavy atom. The average molecular weight is 573 g/mol. The van der Waals surface area contributed by atoms with Crippen molar-refractivity contribution < 1.29 is 19.1 Å². The number of rotatable bonds is 10. The summed E-state index contributed by atoms with van der Waals surface area (Å²) in [7, 11) is 0. The van der Waals surface area contributed by atoms with Crippen molar-refractivity contribution in [1.82, 2.24) is 0 Å². The lowest BCUT2D eigenvalue weighted by molar-refractivity contribution is -0.0247. The first-order valence-corrected chi connectivity index (χ1v) is 17.1. The number of hydrogen-bond acceptors (Lipinski definition) is 4. The molecule has 0 heterocycles. The largest absolute Gasteiger partial charge is 0.458 e. The van der Waals surface area contributed by atoms with Crippen molar-refractivity contribution in [3.8, 4) is 0 Å². The van der Waals surface area contributed by atoms with Gasteiger partial charge in [-0.1, -0.05) is 70.2 Å². The van der Waals surface area contributed by atoms with Crippen molar-refractivity contribution in [3.05, 3.63) is 70.8 Å². The zero-order valence-corrected chi connectivity index (χ0v) is 26.0. The second kappa shape index (κ2) is 15.2. The second-order valence-corrected chi connectivity index (χ2v) is 13.4. The molecule has 0 amide bonds. The van der Waals surface area contributed by atoms with Crippen LogP contribution in [0.1, 0.15) is 154 Å². The summed E-state index contributed by atoms with van der Waals surface area (Å²) in [6, 6.07) is 16.1. The van der Waals surface area contributed by atoms with E-state index in [2.05, 4.69) is 38.1 Å². The van der Waals surface area contributed by atoms with Gasteiger partial charge in [0.1, 0.15) is 12.7 Å². The van der Waals surface area contributed by atoms with Gasteiger partial charge in [0.05, 0.1) is 11.1 Å². The van der Waals surface area contributed by atoms with Crippen molar-refractivity contribution in [3.63, 3.8) is 0 Å². The quantitative estimate of drug-likeness (QED) is 0.266. The highest BCUT2D eigenvalue weighted by Gasteiger charge is 2.30. The monoisotopic (exact) mass is 572 g/mol. The molecule has 3 fully saturated rings. The minimum Gasteiger partial charge on any atom is -0.458 e. The molecule has 1 unspecified atom stereocenters. The van der Waals surface area contributed by atoms with E-state index in [9.17, 15) is 9.59 Å². The summed E-state index contributed by atoms with van der Waals surface area (Å²) in [6.45, 7) is 4.70. The number of ether oxygens (including phenoxy) is 2. The van der Waals surface area contributed by atoms with E-state index in [-0.39, 0.29) is 24.5 Å². The fourth-order valence-electron chi connectivity index (χ4n) is 7.81. The Kier molecular flexibility index (Phi) is 11.2. The topological polar surface area (TPSA) is 52.6 Å². The van der Waals surface area contributed by atoms with Gasteiger partial charge in [0, 0.05) is 0 Å². The molecule has 2 aromatic carbocycles. The molecule has 3 aliphatic carbocycles. The molecule has 0 saturated heterocycles. The van der Waals surface area contributed by atoms with Crippen LogP contribution in [0.4, 0.5) is 0 Å². The Morgan fingerprint density at radius 2 is 1.07 bits per heavy atom. The van der Waals surface area contributed by atoms with Gasteiger partial charge in [0.15, 0.2) is 0 Å². The van der Waals surface area contributed by atoms with Crippen LogP contribution >= 0.6 is 0 Å². The highest BCUT2D eigenvalue weighted by atomic mass is 16.6. The molecule has 4 heteroatoms. The molecule has 0 aliphatic heterocycles. The number of carbonyl (C=O) groups excluding carboxylic acids is 2. The molecule has 228 valence electrons. The fraction of sp³-hybridized carbons (Fsp3) is 0.632. The Bertz CT molecular complexity index is 1110. The van der Waals surface area contributed by atoms with Gasteiger partial charge in [0.25, 0.3) is 0 Å². The molecule has 4 nitrogen and oxygen atoms in total. The minimum atomic E-state index is -0.418. The Hall–Kier alpha value is -2.62. The van der Waals surface area contributed by atoms with Gasteiger partial charge in [-0.3, -0.25) is 0 Å². The first-order valence-electron chi connectivity index (χ1n) is 17.1. The van der Waals surface area contributed by atoms with Crippen molar-refractivity contribution in [2.45, 2.75) is 128 Å². The van der Waals surface area contributed by atoms with Gasteiger partial charge < -0.3 is 9.47 Å². The highest BCUT2D eigenvalue weighted by Crippen LogP contribution is 2.38. The van der Waals surface area contributed by atoms with Crippen LogP contribution in [0.15, 0.2) is 48.5 Å².